The molecule has 4 rings (SSSR count). The van der Waals surface area contributed by atoms with Gasteiger partial charge in [-0.3, -0.25) is 4.79 Å². The Morgan fingerprint density at radius 1 is 1.29 bits per heavy atom. The number of nitrogens with one attached hydrogen (secondary N) is 1. The monoisotopic (exact) mass is 431 g/mol. The van der Waals surface area contributed by atoms with E-state index in [-0.39, 0.29) is 17.8 Å². The lowest BCUT2D eigenvalue weighted by atomic mass is 9.99. The number of carbonyl (C=O) groups excluding carboxylic acids is 1. The van der Waals surface area contributed by atoms with E-state index in [2.05, 4.69) is 15.3 Å². The number of nitrogens with zero attached hydrogens (tertiary/aromatic N) is 3. The van der Waals surface area contributed by atoms with Gasteiger partial charge in [0.05, 0.1) is 30.2 Å². The van der Waals surface area contributed by atoms with Crippen molar-refractivity contribution >= 4 is 22.9 Å². The Morgan fingerprint density at radius 2 is 2.00 bits per heavy atom. The number of aromatic nitrogens is 2. The van der Waals surface area contributed by atoms with Gasteiger partial charge in [0.25, 0.3) is 12.3 Å². The van der Waals surface area contributed by atoms with E-state index >= 15 is 0 Å². The van der Waals surface area contributed by atoms with Gasteiger partial charge >= 0.3 is 0 Å². The number of nitrogens with two attached hydrogens (primary N) is 1. The molecule has 0 unspecified atom stereocenters. The molecule has 1 fully saturated rings. The van der Waals surface area contributed by atoms with E-state index in [4.69, 9.17) is 15.2 Å². The second-order valence-corrected chi connectivity index (χ2v) is 7.58. The standard InChI is InChI=1S/C21H23F2N5O3/c1-21(20(22)23)11-13-9-15(16(10-17(13)31-21)28-5-7-30-8-6-28)27-19(29)14(12-24)18-25-3-2-4-26-18/h2-4,9-10,12,20H,5-8,11,24H2,1H3,(H,27,29)/t21-/m1/s1. The molecule has 1 aromatic carbocycles. The third-order valence-electron chi connectivity index (χ3n) is 5.34. The molecule has 1 aromatic heterocycles. The Bertz CT molecular complexity index is 996. The highest BCUT2D eigenvalue weighted by Crippen LogP contribution is 2.44. The number of hydrogen-bond acceptors (Lipinski definition) is 7. The average Bonchev–Trinajstić information content (AvgIpc) is 3.11. The van der Waals surface area contributed by atoms with E-state index in [9.17, 15) is 13.6 Å². The molecule has 2 aliphatic rings. The van der Waals surface area contributed by atoms with Crippen LogP contribution in [0, 0.1) is 0 Å². The summed E-state index contributed by atoms with van der Waals surface area (Å²) in [6.45, 7) is 3.61. The van der Waals surface area contributed by atoms with Crippen LogP contribution in [0.1, 0.15) is 18.3 Å². The molecule has 2 aliphatic heterocycles. The summed E-state index contributed by atoms with van der Waals surface area (Å²) in [5.74, 6) is 0.0761. The quantitative estimate of drug-likeness (QED) is 0.700. The molecule has 164 valence electrons. The highest BCUT2D eigenvalue weighted by Gasteiger charge is 2.44. The van der Waals surface area contributed by atoms with Crippen molar-refractivity contribution in [2.75, 3.05) is 36.5 Å². The van der Waals surface area contributed by atoms with Crippen LogP contribution in [0.5, 0.6) is 5.75 Å². The van der Waals surface area contributed by atoms with E-state index in [0.717, 1.165) is 6.20 Å². The Hall–Kier alpha value is -3.27. The van der Waals surface area contributed by atoms with Crippen LogP contribution in [0.3, 0.4) is 0 Å². The predicted octanol–water partition coefficient (Wildman–Crippen LogP) is 2.21. The van der Waals surface area contributed by atoms with E-state index < -0.39 is 17.9 Å². The number of morpholine rings is 1. The Labute approximate surface area is 178 Å². The van der Waals surface area contributed by atoms with Gasteiger partial charge < -0.3 is 25.4 Å². The third kappa shape index (κ3) is 4.15. The van der Waals surface area contributed by atoms with E-state index in [1.807, 2.05) is 4.90 Å². The topological polar surface area (TPSA) is 103 Å². The summed E-state index contributed by atoms with van der Waals surface area (Å²) < 4.78 is 38.1. The van der Waals surface area contributed by atoms with Gasteiger partial charge in [0.2, 0.25) is 0 Å². The normalized spacial score (nSPS) is 21.0. The van der Waals surface area contributed by atoms with Crippen molar-refractivity contribution in [3.8, 4) is 5.75 Å². The van der Waals surface area contributed by atoms with Gasteiger partial charge in [-0.1, -0.05) is 0 Å². The number of benzene rings is 1. The molecule has 1 saturated heterocycles. The lowest BCUT2D eigenvalue weighted by molar-refractivity contribution is -0.111. The van der Waals surface area contributed by atoms with Crippen LogP contribution in [0.4, 0.5) is 20.2 Å². The van der Waals surface area contributed by atoms with Crippen LogP contribution in [-0.2, 0) is 16.0 Å². The first-order chi connectivity index (χ1) is 14.9. The fraction of sp³-hybridized carbons (Fsp3) is 0.381. The van der Waals surface area contributed by atoms with Crippen LogP contribution < -0.4 is 20.7 Å². The maximum absolute atomic E-state index is 13.5. The lowest BCUT2D eigenvalue weighted by Crippen LogP contribution is -2.38. The second kappa shape index (κ2) is 8.46. The third-order valence-corrected chi connectivity index (χ3v) is 5.34. The van der Waals surface area contributed by atoms with Crippen molar-refractivity contribution in [3.63, 3.8) is 0 Å². The molecule has 3 N–H and O–H groups in total. The van der Waals surface area contributed by atoms with E-state index in [1.165, 1.54) is 19.3 Å². The first-order valence-electron chi connectivity index (χ1n) is 9.88. The van der Waals surface area contributed by atoms with Gasteiger partial charge in [-0.15, -0.1) is 0 Å². The highest BCUT2D eigenvalue weighted by molar-refractivity contribution is 6.24. The van der Waals surface area contributed by atoms with Crippen LogP contribution in [0.2, 0.25) is 0 Å². The fourth-order valence-electron chi connectivity index (χ4n) is 3.68. The zero-order valence-corrected chi connectivity index (χ0v) is 17.0. The van der Waals surface area contributed by atoms with Crippen molar-refractivity contribution in [2.24, 2.45) is 5.73 Å². The molecule has 10 heteroatoms. The fourth-order valence-corrected chi connectivity index (χ4v) is 3.68. The minimum absolute atomic E-state index is 0.0354. The molecule has 31 heavy (non-hydrogen) atoms. The molecule has 0 bridgehead atoms. The van der Waals surface area contributed by atoms with E-state index in [1.54, 1.807) is 18.2 Å². The molecular formula is C21H23F2N5O3. The van der Waals surface area contributed by atoms with Gasteiger partial charge in [-0.25, -0.2) is 18.7 Å². The summed E-state index contributed by atoms with van der Waals surface area (Å²) in [6, 6.07) is 5.02. The smallest absolute Gasteiger partial charge is 0.277 e. The van der Waals surface area contributed by atoms with Crippen LogP contribution in [-0.4, -0.2) is 54.2 Å². The van der Waals surface area contributed by atoms with E-state index in [0.29, 0.717) is 49.0 Å². The molecule has 2 aromatic rings. The van der Waals surface area contributed by atoms with Gasteiger partial charge in [0.15, 0.2) is 11.4 Å². The van der Waals surface area contributed by atoms with Gasteiger partial charge in [0, 0.05) is 49.7 Å². The van der Waals surface area contributed by atoms with Gasteiger partial charge in [0.1, 0.15) is 5.75 Å². The molecular weight excluding hydrogens is 408 g/mol. The van der Waals surface area contributed by atoms with Crippen molar-refractivity contribution in [1.29, 1.82) is 0 Å². The molecule has 0 saturated carbocycles. The predicted molar refractivity (Wildman–Crippen MR) is 111 cm³/mol. The van der Waals surface area contributed by atoms with Crippen LogP contribution in [0.15, 0.2) is 36.8 Å². The minimum Gasteiger partial charge on any atom is -0.481 e. The summed E-state index contributed by atoms with van der Waals surface area (Å²) in [5.41, 5.74) is 5.90. The van der Waals surface area contributed by atoms with Gasteiger partial charge in [-0.2, -0.15) is 0 Å². The number of anilines is 2. The summed E-state index contributed by atoms with van der Waals surface area (Å²) in [5, 5.41) is 2.85. The minimum atomic E-state index is -2.65. The van der Waals surface area contributed by atoms with Gasteiger partial charge in [-0.05, 0) is 19.1 Å². The van der Waals surface area contributed by atoms with Crippen molar-refractivity contribution in [1.82, 2.24) is 9.97 Å². The maximum atomic E-state index is 13.5. The van der Waals surface area contributed by atoms with Crippen LogP contribution in [0.25, 0.3) is 5.57 Å². The number of ether oxygens (including phenoxy) is 2. The van der Waals surface area contributed by atoms with Crippen LogP contribution >= 0.6 is 0 Å². The number of hydrogen-bond donors (Lipinski definition) is 2. The first-order valence-corrected chi connectivity index (χ1v) is 9.88. The summed E-state index contributed by atoms with van der Waals surface area (Å²) in [4.78, 5) is 23.1. The SMILES string of the molecule is C[C@]1(C(F)F)Cc2cc(NC(=O)C(=CN)c3ncccn3)c(N3CCOCC3)cc2O1. The largest absolute Gasteiger partial charge is 0.481 e. The molecule has 3 heterocycles. The molecule has 0 spiro atoms. The molecule has 8 nitrogen and oxygen atoms in total. The summed E-state index contributed by atoms with van der Waals surface area (Å²) >= 11 is 0. The van der Waals surface area contributed by atoms with Crippen molar-refractivity contribution in [3.05, 3.63) is 48.2 Å². The number of carbonyl (C=O) groups is 1. The number of alkyl halides is 2. The number of rotatable bonds is 5. The lowest BCUT2D eigenvalue weighted by Gasteiger charge is -2.31. The average molecular weight is 431 g/mol. The Morgan fingerprint density at radius 3 is 2.65 bits per heavy atom. The second-order valence-electron chi connectivity index (χ2n) is 7.58. The van der Waals surface area contributed by atoms with Crippen molar-refractivity contribution < 1.29 is 23.0 Å². The molecule has 1 atom stereocenters. The number of halogens is 2. The maximum Gasteiger partial charge on any atom is 0.277 e. The zero-order chi connectivity index (χ0) is 22.0. The number of amides is 1. The zero-order valence-electron chi connectivity index (χ0n) is 17.0. The Balaban J connectivity index is 1.68. The molecule has 0 radical (unpaired) electrons. The van der Waals surface area contributed by atoms with Crippen molar-refractivity contribution in [2.45, 2.75) is 25.4 Å². The first kappa shape index (κ1) is 21.0. The number of fused-ring (bicyclic) bond motifs is 1. The summed E-state index contributed by atoms with van der Waals surface area (Å²) in [6.07, 6.45) is 1.55. The highest BCUT2D eigenvalue weighted by atomic mass is 19.3. The Kier molecular flexibility index (Phi) is 5.73. The molecule has 1 amide bonds. The summed E-state index contributed by atoms with van der Waals surface area (Å²) in [7, 11) is 0. The molecule has 0 aliphatic carbocycles.